The van der Waals surface area contributed by atoms with Gasteiger partial charge in [0.2, 0.25) is 0 Å². The lowest BCUT2D eigenvalue weighted by Crippen LogP contribution is -2.20. The number of hydrogen-bond donors (Lipinski definition) is 2. The van der Waals surface area contributed by atoms with Crippen LogP contribution in [0.3, 0.4) is 0 Å². The van der Waals surface area contributed by atoms with Crippen molar-refractivity contribution in [1.29, 1.82) is 0 Å². The molecule has 5 heteroatoms. The van der Waals surface area contributed by atoms with Gasteiger partial charge in [0.05, 0.1) is 12.7 Å². The summed E-state index contributed by atoms with van der Waals surface area (Å²) >= 11 is 0. The Morgan fingerprint density at radius 1 is 1.10 bits per heavy atom. The van der Waals surface area contributed by atoms with E-state index >= 15 is 0 Å². The van der Waals surface area contributed by atoms with Crippen LogP contribution in [0.15, 0.2) is 48.5 Å². The first kappa shape index (κ1) is 14.7. The minimum Gasteiger partial charge on any atom is -0.496 e. The minimum atomic E-state index is -1.11. The van der Waals surface area contributed by atoms with Crippen LogP contribution in [0.25, 0.3) is 0 Å². The molecule has 108 valence electrons. The Balaban J connectivity index is 2.30. The molecule has 21 heavy (non-hydrogen) atoms. The molecule has 0 saturated heterocycles. The number of para-hydroxylation sites is 1. The zero-order valence-electron chi connectivity index (χ0n) is 11.4. The second kappa shape index (κ2) is 6.19. The van der Waals surface area contributed by atoms with Gasteiger partial charge in [0, 0.05) is 5.56 Å². The molecule has 0 heterocycles. The van der Waals surface area contributed by atoms with E-state index in [1.54, 1.807) is 48.5 Å². The van der Waals surface area contributed by atoms with Crippen LogP contribution in [-0.2, 0) is 4.79 Å². The van der Waals surface area contributed by atoms with E-state index in [0.29, 0.717) is 22.4 Å². The van der Waals surface area contributed by atoms with Crippen molar-refractivity contribution in [2.45, 2.75) is 6.04 Å². The van der Waals surface area contributed by atoms with Crippen LogP contribution in [0.5, 0.6) is 5.75 Å². The van der Waals surface area contributed by atoms with Gasteiger partial charge >= 0.3 is 5.97 Å². The third-order valence-corrected chi connectivity index (χ3v) is 3.15. The lowest BCUT2D eigenvalue weighted by atomic mass is 9.99. The monoisotopic (exact) mass is 285 g/mol. The van der Waals surface area contributed by atoms with Crippen LogP contribution < -0.4 is 10.5 Å². The summed E-state index contributed by atoms with van der Waals surface area (Å²) in [7, 11) is 1.50. The SMILES string of the molecule is COc1ccccc1C(=O)c1ccc(C(N)C(=O)O)cc1. The molecule has 2 aromatic carbocycles. The largest absolute Gasteiger partial charge is 0.496 e. The Bertz CT molecular complexity index is 664. The quantitative estimate of drug-likeness (QED) is 0.820. The maximum atomic E-state index is 12.4. The fraction of sp³-hybridized carbons (Fsp3) is 0.125. The normalized spacial score (nSPS) is 11.7. The third-order valence-electron chi connectivity index (χ3n) is 3.15. The molecule has 5 nitrogen and oxygen atoms in total. The number of carboxylic acids is 1. The molecule has 0 aliphatic rings. The standard InChI is InChI=1S/C16H15NO4/c1-21-13-5-3-2-4-12(13)15(18)11-8-6-10(7-9-11)14(17)16(19)20/h2-9,14H,17H2,1H3,(H,19,20). The van der Waals surface area contributed by atoms with E-state index in [2.05, 4.69) is 0 Å². The highest BCUT2D eigenvalue weighted by Crippen LogP contribution is 2.22. The predicted molar refractivity (Wildman–Crippen MR) is 77.4 cm³/mol. The number of carbonyl (C=O) groups is 2. The highest BCUT2D eigenvalue weighted by Gasteiger charge is 2.17. The third kappa shape index (κ3) is 3.09. The van der Waals surface area contributed by atoms with Crippen LogP contribution in [0.2, 0.25) is 0 Å². The van der Waals surface area contributed by atoms with E-state index in [4.69, 9.17) is 15.6 Å². The molecule has 1 unspecified atom stereocenters. The second-order valence-corrected chi connectivity index (χ2v) is 4.47. The van der Waals surface area contributed by atoms with Gasteiger partial charge in [-0.3, -0.25) is 9.59 Å². The smallest absolute Gasteiger partial charge is 0.325 e. The first-order valence-corrected chi connectivity index (χ1v) is 6.30. The molecule has 0 saturated carbocycles. The Kier molecular flexibility index (Phi) is 4.35. The van der Waals surface area contributed by atoms with Crippen molar-refractivity contribution in [3.63, 3.8) is 0 Å². The van der Waals surface area contributed by atoms with Gasteiger partial charge in [-0.15, -0.1) is 0 Å². The zero-order valence-corrected chi connectivity index (χ0v) is 11.4. The topological polar surface area (TPSA) is 89.6 Å². The molecule has 0 fully saturated rings. The Morgan fingerprint density at radius 2 is 1.71 bits per heavy atom. The maximum Gasteiger partial charge on any atom is 0.325 e. The van der Waals surface area contributed by atoms with Crippen LogP contribution >= 0.6 is 0 Å². The number of ether oxygens (including phenoxy) is 1. The van der Waals surface area contributed by atoms with E-state index < -0.39 is 12.0 Å². The number of methoxy groups -OCH3 is 1. The summed E-state index contributed by atoms with van der Waals surface area (Å²) in [4.78, 5) is 23.2. The average Bonchev–Trinajstić information content (AvgIpc) is 2.53. The van der Waals surface area contributed by atoms with Crippen molar-refractivity contribution in [2.75, 3.05) is 7.11 Å². The highest BCUT2D eigenvalue weighted by molar-refractivity contribution is 6.10. The lowest BCUT2D eigenvalue weighted by Gasteiger charge is -2.09. The van der Waals surface area contributed by atoms with Gasteiger partial charge in [-0.05, 0) is 17.7 Å². The van der Waals surface area contributed by atoms with Crippen molar-refractivity contribution in [2.24, 2.45) is 5.73 Å². The maximum absolute atomic E-state index is 12.4. The number of carbonyl (C=O) groups excluding carboxylic acids is 1. The van der Waals surface area contributed by atoms with Crippen molar-refractivity contribution in [3.05, 3.63) is 65.2 Å². The number of carboxylic acid groups (broad SMARTS) is 1. The van der Waals surface area contributed by atoms with Crippen LogP contribution in [0, 0.1) is 0 Å². The molecular formula is C16H15NO4. The van der Waals surface area contributed by atoms with Crippen molar-refractivity contribution < 1.29 is 19.4 Å². The molecular weight excluding hydrogens is 270 g/mol. The Labute approximate surface area is 122 Å². The van der Waals surface area contributed by atoms with Gasteiger partial charge in [0.25, 0.3) is 0 Å². The zero-order chi connectivity index (χ0) is 15.4. The Hall–Kier alpha value is -2.66. The summed E-state index contributed by atoms with van der Waals surface area (Å²) in [5.41, 5.74) is 6.86. The number of rotatable bonds is 5. The number of hydrogen-bond acceptors (Lipinski definition) is 4. The van der Waals surface area contributed by atoms with Gasteiger partial charge in [-0.1, -0.05) is 36.4 Å². The second-order valence-electron chi connectivity index (χ2n) is 4.47. The Morgan fingerprint density at radius 3 is 2.29 bits per heavy atom. The molecule has 0 aliphatic carbocycles. The average molecular weight is 285 g/mol. The van der Waals surface area contributed by atoms with Crippen LogP contribution in [-0.4, -0.2) is 24.0 Å². The highest BCUT2D eigenvalue weighted by atomic mass is 16.5. The molecule has 2 rings (SSSR count). The van der Waals surface area contributed by atoms with E-state index in [9.17, 15) is 9.59 Å². The van der Waals surface area contributed by atoms with Gasteiger partial charge in [-0.25, -0.2) is 0 Å². The summed E-state index contributed by atoms with van der Waals surface area (Å²) < 4.78 is 5.16. The van der Waals surface area contributed by atoms with Gasteiger partial charge < -0.3 is 15.6 Å². The van der Waals surface area contributed by atoms with Crippen molar-refractivity contribution >= 4 is 11.8 Å². The summed E-state index contributed by atoms with van der Waals surface area (Å²) in [6.07, 6.45) is 0. The van der Waals surface area contributed by atoms with E-state index in [0.717, 1.165) is 0 Å². The number of nitrogens with two attached hydrogens (primary N) is 1. The summed E-state index contributed by atoms with van der Waals surface area (Å²) in [6, 6.07) is 12.0. The van der Waals surface area contributed by atoms with Crippen LogP contribution in [0.1, 0.15) is 27.5 Å². The predicted octanol–water partition coefficient (Wildman–Crippen LogP) is 2.01. The summed E-state index contributed by atoms with van der Waals surface area (Å²) in [5, 5.41) is 8.85. The molecule has 3 N–H and O–H groups in total. The van der Waals surface area contributed by atoms with Crippen molar-refractivity contribution in [3.8, 4) is 5.75 Å². The number of benzene rings is 2. The molecule has 0 bridgehead atoms. The first-order valence-electron chi connectivity index (χ1n) is 6.30. The van der Waals surface area contributed by atoms with Gasteiger partial charge in [0.15, 0.2) is 5.78 Å². The molecule has 0 aromatic heterocycles. The molecule has 0 aliphatic heterocycles. The van der Waals surface area contributed by atoms with Crippen molar-refractivity contribution in [1.82, 2.24) is 0 Å². The number of aliphatic carboxylic acids is 1. The fourth-order valence-electron chi connectivity index (χ4n) is 1.97. The minimum absolute atomic E-state index is 0.192. The van der Waals surface area contributed by atoms with Crippen LogP contribution in [0.4, 0.5) is 0 Å². The molecule has 0 radical (unpaired) electrons. The van der Waals surface area contributed by atoms with E-state index in [-0.39, 0.29) is 5.78 Å². The fourth-order valence-corrected chi connectivity index (χ4v) is 1.97. The van der Waals surface area contributed by atoms with E-state index in [1.807, 2.05) is 0 Å². The lowest BCUT2D eigenvalue weighted by molar-refractivity contribution is -0.138. The van der Waals surface area contributed by atoms with E-state index in [1.165, 1.54) is 7.11 Å². The van der Waals surface area contributed by atoms with Gasteiger partial charge in [0.1, 0.15) is 11.8 Å². The summed E-state index contributed by atoms with van der Waals surface area (Å²) in [6.45, 7) is 0. The summed E-state index contributed by atoms with van der Waals surface area (Å²) in [5.74, 6) is -0.810. The molecule has 0 spiro atoms. The molecule has 1 atom stereocenters. The number of ketones is 1. The molecule has 2 aromatic rings. The molecule has 0 amide bonds. The van der Waals surface area contributed by atoms with Gasteiger partial charge in [-0.2, -0.15) is 0 Å². The first-order chi connectivity index (χ1) is 10.0.